The van der Waals surface area contributed by atoms with Crippen molar-refractivity contribution in [3.63, 3.8) is 0 Å². The number of fused-ring (bicyclic) bond motifs is 1. The third-order valence-electron chi connectivity index (χ3n) is 2.80. The van der Waals surface area contributed by atoms with E-state index in [0.29, 0.717) is 0 Å². The molecule has 0 saturated heterocycles. The molecule has 3 heteroatoms. The summed E-state index contributed by atoms with van der Waals surface area (Å²) in [6.07, 6.45) is 4.84. The van der Waals surface area contributed by atoms with E-state index in [0.717, 1.165) is 24.2 Å². The van der Waals surface area contributed by atoms with Gasteiger partial charge in [0, 0.05) is 12.2 Å². The number of anilines is 1. The van der Waals surface area contributed by atoms with Crippen molar-refractivity contribution < 1.29 is 4.79 Å². The first kappa shape index (κ1) is 10.7. The normalized spacial score (nSPS) is 18.3. The van der Waals surface area contributed by atoms with E-state index in [-0.39, 0.29) is 11.9 Å². The molecule has 84 valence electrons. The molecule has 1 aromatic carbocycles. The van der Waals surface area contributed by atoms with Crippen molar-refractivity contribution in [2.24, 2.45) is 5.73 Å². The summed E-state index contributed by atoms with van der Waals surface area (Å²) in [6.45, 7) is 2.94. The van der Waals surface area contributed by atoms with Gasteiger partial charge in [-0.1, -0.05) is 37.3 Å². The molecule has 16 heavy (non-hydrogen) atoms. The van der Waals surface area contributed by atoms with Gasteiger partial charge in [-0.05, 0) is 18.1 Å². The number of nitrogens with zero attached hydrogens (tertiary/aromatic N) is 1. The minimum atomic E-state index is -0.310. The van der Waals surface area contributed by atoms with Crippen molar-refractivity contribution >= 4 is 17.7 Å². The van der Waals surface area contributed by atoms with E-state index in [9.17, 15) is 4.79 Å². The summed E-state index contributed by atoms with van der Waals surface area (Å²) >= 11 is 0. The molecule has 1 unspecified atom stereocenters. The highest BCUT2D eigenvalue weighted by molar-refractivity contribution is 5.90. The van der Waals surface area contributed by atoms with Crippen LogP contribution < -0.4 is 10.6 Å². The van der Waals surface area contributed by atoms with Gasteiger partial charge < -0.3 is 10.6 Å². The number of primary amides is 1. The van der Waals surface area contributed by atoms with Gasteiger partial charge in [0.25, 0.3) is 0 Å². The fourth-order valence-corrected chi connectivity index (χ4v) is 2.09. The molecule has 0 bridgehead atoms. The van der Waals surface area contributed by atoms with Crippen molar-refractivity contribution in [3.8, 4) is 0 Å². The summed E-state index contributed by atoms with van der Waals surface area (Å²) in [5, 5.41) is 0. The van der Waals surface area contributed by atoms with E-state index in [1.165, 1.54) is 0 Å². The molecule has 1 aliphatic heterocycles. The molecule has 0 aromatic heterocycles. The van der Waals surface area contributed by atoms with Gasteiger partial charge in [-0.15, -0.1) is 0 Å². The number of carbonyl (C=O) groups is 1. The fourth-order valence-electron chi connectivity index (χ4n) is 2.09. The third-order valence-corrected chi connectivity index (χ3v) is 2.80. The second-order valence-electron chi connectivity index (χ2n) is 3.96. The Hall–Kier alpha value is -1.77. The van der Waals surface area contributed by atoms with Gasteiger partial charge in [0.2, 0.25) is 5.91 Å². The predicted molar refractivity (Wildman–Crippen MR) is 66.1 cm³/mol. The van der Waals surface area contributed by atoms with Crippen LogP contribution in [-0.2, 0) is 4.79 Å². The number of rotatable bonds is 3. The first-order valence-electron chi connectivity index (χ1n) is 5.57. The second-order valence-corrected chi connectivity index (χ2v) is 3.96. The molecule has 0 radical (unpaired) electrons. The standard InChI is InChI=1S/C13H16N2O/c1-2-9-15-11-6-4-3-5-10(11)7-8-12(15)13(14)16/h3-8,12H,2,9H2,1H3,(H2,14,16). The van der Waals surface area contributed by atoms with Crippen molar-refractivity contribution in [2.75, 3.05) is 11.4 Å². The lowest BCUT2D eigenvalue weighted by molar-refractivity contribution is -0.118. The molecule has 1 heterocycles. The maximum atomic E-state index is 11.4. The number of hydrogen-bond donors (Lipinski definition) is 1. The van der Waals surface area contributed by atoms with Crippen LogP contribution in [0.4, 0.5) is 5.69 Å². The minimum absolute atomic E-state index is 0.292. The summed E-state index contributed by atoms with van der Waals surface area (Å²) in [7, 11) is 0. The Balaban J connectivity index is 2.41. The molecular weight excluding hydrogens is 200 g/mol. The Morgan fingerprint density at radius 2 is 2.19 bits per heavy atom. The zero-order chi connectivity index (χ0) is 11.5. The van der Waals surface area contributed by atoms with Gasteiger partial charge in [0.15, 0.2) is 0 Å². The number of nitrogens with two attached hydrogens (primary N) is 1. The summed E-state index contributed by atoms with van der Waals surface area (Å²) in [5.74, 6) is -0.292. The smallest absolute Gasteiger partial charge is 0.244 e. The fraction of sp³-hybridized carbons (Fsp3) is 0.308. The monoisotopic (exact) mass is 216 g/mol. The van der Waals surface area contributed by atoms with E-state index < -0.39 is 0 Å². The summed E-state index contributed by atoms with van der Waals surface area (Å²) in [5.41, 5.74) is 7.65. The zero-order valence-corrected chi connectivity index (χ0v) is 9.39. The Labute approximate surface area is 95.6 Å². The highest BCUT2D eigenvalue weighted by atomic mass is 16.1. The molecule has 0 spiro atoms. The summed E-state index contributed by atoms with van der Waals surface area (Å²) in [6, 6.07) is 7.75. The highest BCUT2D eigenvalue weighted by Crippen LogP contribution is 2.28. The van der Waals surface area contributed by atoms with E-state index in [1.54, 1.807) is 0 Å². The molecule has 1 amide bonds. The Morgan fingerprint density at radius 1 is 1.44 bits per heavy atom. The first-order valence-corrected chi connectivity index (χ1v) is 5.57. The molecule has 0 fully saturated rings. The van der Waals surface area contributed by atoms with Gasteiger partial charge >= 0.3 is 0 Å². The first-order chi connectivity index (χ1) is 7.74. The Kier molecular flexibility index (Phi) is 2.95. The van der Waals surface area contributed by atoms with Crippen LogP contribution in [0.5, 0.6) is 0 Å². The molecular formula is C13H16N2O. The Bertz CT molecular complexity index is 426. The largest absolute Gasteiger partial charge is 0.368 e. The molecule has 3 nitrogen and oxygen atoms in total. The minimum Gasteiger partial charge on any atom is -0.368 e. The SMILES string of the molecule is CCCN1c2ccccc2C=CC1C(N)=O. The highest BCUT2D eigenvalue weighted by Gasteiger charge is 2.25. The van der Waals surface area contributed by atoms with Crippen molar-refractivity contribution in [2.45, 2.75) is 19.4 Å². The van der Waals surface area contributed by atoms with Crippen LogP contribution in [0.1, 0.15) is 18.9 Å². The van der Waals surface area contributed by atoms with Gasteiger partial charge in [0.05, 0.1) is 0 Å². The molecule has 0 saturated carbocycles. The summed E-state index contributed by atoms with van der Waals surface area (Å²) in [4.78, 5) is 13.4. The van der Waals surface area contributed by atoms with Crippen LogP contribution in [0, 0.1) is 0 Å². The third kappa shape index (κ3) is 1.81. The summed E-state index contributed by atoms with van der Waals surface area (Å²) < 4.78 is 0. The lowest BCUT2D eigenvalue weighted by Gasteiger charge is -2.33. The average Bonchev–Trinajstić information content (AvgIpc) is 2.29. The molecule has 2 rings (SSSR count). The second kappa shape index (κ2) is 4.39. The van der Waals surface area contributed by atoms with Crippen molar-refractivity contribution in [1.29, 1.82) is 0 Å². The van der Waals surface area contributed by atoms with E-state index >= 15 is 0 Å². The van der Waals surface area contributed by atoms with Crippen LogP contribution in [0.3, 0.4) is 0 Å². The van der Waals surface area contributed by atoms with Crippen LogP contribution in [-0.4, -0.2) is 18.5 Å². The van der Waals surface area contributed by atoms with Crippen LogP contribution in [0.2, 0.25) is 0 Å². The zero-order valence-electron chi connectivity index (χ0n) is 9.39. The number of hydrogen-bond acceptors (Lipinski definition) is 2. The predicted octanol–water partition coefficient (Wildman–Crippen LogP) is 1.78. The maximum absolute atomic E-state index is 11.4. The average molecular weight is 216 g/mol. The number of para-hydroxylation sites is 1. The van der Waals surface area contributed by atoms with Gasteiger partial charge in [-0.25, -0.2) is 0 Å². The van der Waals surface area contributed by atoms with Crippen LogP contribution in [0.25, 0.3) is 6.08 Å². The lowest BCUT2D eigenvalue weighted by atomic mass is 10.0. The maximum Gasteiger partial charge on any atom is 0.244 e. The van der Waals surface area contributed by atoms with Crippen LogP contribution >= 0.6 is 0 Å². The van der Waals surface area contributed by atoms with Crippen LogP contribution in [0.15, 0.2) is 30.3 Å². The number of benzene rings is 1. The van der Waals surface area contributed by atoms with E-state index in [2.05, 4.69) is 11.8 Å². The molecule has 1 aromatic rings. The van der Waals surface area contributed by atoms with Crippen molar-refractivity contribution in [3.05, 3.63) is 35.9 Å². The Morgan fingerprint density at radius 3 is 2.88 bits per heavy atom. The quantitative estimate of drug-likeness (QED) is 0.837. The molecule has 2 N–H and O–H groups in total. The van der Waals surface area contributed by atoms with Gasteiger partial charge in [-0.2, -0.15) is 0 Å². The van der Waals surface area contributed by atoms with Crippen molar-refractivity contribution in [1.82, 2.24) is 0 Å². The van der Waals surface area contributed by atoms with E-state index in [1.807, 2.05) is 36.4 Å². The number of amides is 1. The molecule has 0 aliphatic carbocycles. The van der Waals surface area contributed by atoms with Gasteiger partial charge in [0.1, 0.15) is 6.04 Å². The van der Waals surface area contributed by atoms with E-state index in [4.69, 9.17) is 5.73 Å². The molecule has 1 aliphatic rings. The lowest BCUT2D eigenvalue weighted by Crippen LogP contribution is -2.45. The molecule has 1 atom stereocenters. The number of carbonyl (C=O) groups excluding carboxylic acids is 1. The topological polar surface area (TPSA) is 46.3 Å². The van der Waals surface area contributed by atoms with Gasteiger partial charge in [-0.3, -0.25) is 4.79 Å².